The number of anilines is 1. The molecule has 0 bridgehead atoms. The van der Waals surface area contributed by atoms with Crippen LogP contribution in [0.25, 0.3) is 10.9 Å². The smallest absolute Gasteiger partial charge is 0.196 e. The van der Waals surface area contributed by atoms with Gasteiger partial charge < -0.3 is 5.73 Å². The first-order chi connectivity index (χ1) is 7.00. The second-order valence-corrected chi connectivity index (χ2v) is 3.25. The molecule has 0 unspecified atom stereocenters. The first-order valence-electron chi connectivity index (χ1n) is 4.21. The number of halogens is 3. The lowest BCUT2D eigenvalue weighted by Crippen LogP contribution is -1.99. The molecule has 1 aromatic heterocycles. The van der Waals surface area contributed by atoms with E-state index in [1.165, 1.54) is 6.07 Å². The maximum absolute atomic E-state index is 13.2. The van der Waals surface area contributed by atoms with E-state index in [2.05, 4.69) is 4.98 Å². The summed E-state index contributed by atoms with van der Waals surface area (Å²) in [6.07, 6.45) is 0. The van der Waals surface area contributed by atoms with Gasteiger partial charge in [-0.15, -0.1) is 0 Å². The first kappa shape index (κ1) is 9.76. The molecule has 0 aliphatic heterocycles. The van der Waals surface area contributed by atoms with Crippen molar-refractivity contribution < 1.29 is 13.2 Å². The van der Waals surface area contributed by atoms with E-state index in [9.17, 15) is 13.2 Å². The van der Waals surface area contributed by atoms with Crippen molar-refractivity contribution in [3.8, 4) is 0 Å². The van der Waals surface area contributed by atoms with Crippen LogP contribution in [-0.2, 0) is 0 Å². The molecular weight excluding hydrogens is 205 g/mol. The maximum atomic E-state index is 13.2. The third kappa shape index (κ3) is 1.40. The molecule has 1 heterocycles. The summed E-state index contributed by atoms with van der Waals surface area (Å²) >= 11 is 0. The number of rotatable bonds is 0. The van der Waals surface area contributed by atoms with Crippen LogP contribution in [0.4, 0.5) is 19.0 Å². The van der Waals surface area contributed by atoms with Crippen molar-refractivity contribution in [3.63, 3.8) is 0 Å². The molecule has 0 fully saturated rings. The van der Waals surface area contributed by atoms with Gasteiger partial charge in [0.25, 0.3) is 0 Å². The van der Waals surface area contributed by atoms with Gasteiger partial charge in [0.15, 0.2) is 17.5 Å². The Balaban J connectivity index is 2.93. The molecular formula is C10H7F3N2. The molecule has 2 rings (SSSR count). The number of nitrogens with zero attached hydrogens (tertiary/aromatic N) is 1. The first-order valence-corrected chi connectivity index (χ1v) is 4.21. The summed E-state index contributed by atoms with van der Waals surface area (Å²) in [5, 5.41) is 0.193. The molecule has 0 aliphatic carbocycles. The zero-order valence-corrected chi connectivity index (χ0v) is 7.81. The average Bonchev–Trinajstić information content (AvgIpc) is 2.19. The number of hydrogen-bond donors (Lipinski definition) is 1. The molecule has 1 aromatic carbocycles. The average molecular weight is 212 g/mol. The molecule has 0 saturated heterocycles. The van der Waals surface area contributed by atoms with Crippen LogP contribution < -0.4 is 5.73 Å². The molecule has 5 heteroatoms. The van der Waals surface area contributed by atoms with E-state index in [0.29, 0.717) is 5.56 Å². The summed E-state index contributed by atoms with van der Waals surface area (Å²) in [5.74, 6) is -3.96. The van der Waals surface area contributed by atoms with Gasteiger partial charge in [0.05, 0.1) is 0 Å². The predicted octanol–water partition coefficient (Wildman–Crippen LogP) is 2.54. The van der Waals surface area contributed by atoms with E-state index in [4.69, 9.17) is 5.73 Å². The summed E-state index contributed by atoms with van der Waals surface area (Å²) in [4.78, 5) is 3.67. The Morgan fingerprint density at radius 2 is 1.80 bits per heavy atom. The number of pyridine rings is 1. The third-order valence-corrected chi connectivity index (χ3v) is 2.17. The zero-order chi connectivity index (χ0) is 11.2. The van der Waals surface area contributed by atoms with Gasteiger partial charge in [-0.05, 0) is 24.6 Å². The lowest BCUT2D eigenvalue weighted by molar-refractivity contribution is 0.452. The second-order valence-electron chi connectivity index (χ2n) is 3.25. The largest absolute Gasteiger partial charge is 0.383 e. The van der Waals surface area contributed by atoms with E-state index in [1.807, 2.05) is 0 Å². The molecule has 0 saturated carbocycles. The van der Waals surface area contributed by atoms with Gasteiger partial charge in [0.2, 0.25) is 0 Å². The van der Waals surface area contributed by atoms with Crippen LogP contribution in [0.3, 0.4) is 0 Å². The highest BCUT2D eigenvalue weighted by atomic mass is 19.2. The van der Waals surface area contributed by atoms with Gasteiger partial charge in [-0.1, -0.05) is 0 Å². The van der Waals surface area contributed by atoms with Crippen molar-refractivity contribution in [2.45, 2.75) is 6.92 Å². The molecule has 78 valence electrons. The highest BCUT2D eigenvalue weighted by molar-refractivity contribution is 5.82. The van der Waals surface area contributed by atoms with Crippen molar-refractivity contribution in [3.05, 3.63) is 35.1 Å². The lowest BCUT2D eigenvalue weighted by atomic mass is 10.1. The summed E-state index contributed by atoms with van der Waals surface area (Å²) in [7, 11) is 0. The third-order valence-electron chi connectivity index (χ3n) is 2.17. The maximum Gasteiger partial charge on any atom is 0.196 e. The summed E-state index contributed by atoms with van der Waals surface area (Å²) in [6.45, 7) is 1.65. The SMILES string of the molecule is Cc1cc2cc(F)c(F)c(F)c2nc1N. The molecule has 0 atom stereocenters. The monoisotopic (exact) mass is 212 g/mol. The molecule has 2 N–H and O–H groups in total. The van der Waals surface area contributed by atoms with Crippen LogP contribution in [0.15, 0.2) is 12.1 Å². The van der Waals surface area contributed by atoms with Crippen LogP contribution in [0.2, 0.25) is 0 Å². The Hall–Kier alpha value is -1.78. The van der Waals surface area contributed by atoms with E-state index >= 15 is 0 Å². The van der Waals surface area contributed by atoms with Crippen LogP contribution in [0.5, 0.6) is 0 Å². The molecule has 0 spiro atoms. The molecule has 0 amide bonds. The summed E-state index contributed by atoms with van der Waals surface area (Å²) in [5.41, 5.74) is 5.79. The predicted molar refractivity (Wildman–Crippen MR) is 50.8 cm³/mol. The topological polar surface area (TPSA) is 38.9 Å². The standard InChI is InChI=1S/C10H7F3N2/c1-4-2-5-3-6(11)7(12)8(13)9(5)15-10(4)14/h2-3H,1H3,(H2,14,15). The van der Waals surface area contributed by atoms with Gasteiger partial charge >= 0.3 is 0 Å². The molecule has 2 nitrogen and oxygen atoms in total. The zero-order valence-electron chi connectivity index (χ0n) is 7.81. The quantitative estimate of drug-likeness (QED) is 0.681. The van der Waals surface area contributed by atoms with E-state index < -0.39 is 17.5 Å². The Kier molecular flexibility index (Phi) is 2.03. The van der Waals surface area contributed by atoms with Crippen molar-refractivity contribution >= 4 is 16.7 Å². The van der Waals surface area contributed by atoms with E-state index in [1.54, 1.807) is 6.92 Å². The minimum Gasteiger partial charge on any atom is -0.383 e. The fourth-order valence-corrected chi connectivity index (χ4v) is 1.34. The van der Waals surface area contributed by atoms with Gasteiger partial charge in [-0.3, -0.25) is 0 Å². The van der Waals surface area contributed by atoms with Gasteiger partial charge in [-0.25, -0.2) is 18.2 Å². The van der Waals surface area contributed by atoms with Crippen molar-refractivity contribution in [1.29, 1.82) is 0 Å². The van der Waals surface area contributed by atoms with Crippen LogP contribution >= 0.6 is 0 Å². The molecule has 0 radical (unpaired) electrons. The highest BCUT2D eigenvalue weighted by Gasteiger charge is 2.15. The fourth-order valence-electron chi connectivity index (χ4n) is 1.34. The summed E-state index contributed by atoms with van der Waals surface area (Å²) < 4.78 is 39.0. The van der Waals surface area contributed by atoms with E-state index in [-0.39, 0.29) is 16.7 Å². The van der Waals surface area contributed by atoms with Crippen molar-refractivity contribution in [1.82, 2.24) is 4.98 Å². The Morgan fingerprint density at radius 3 is 2.47 bits per heavy atom. The van der Waals surface area contributed by atoms with Crippen LogP contribution in [-0.4, -0.2) is 4.98 Å². The van der Waals surface area contributed by atoms with E-state index in [0.717, 1.165) is 6.07 Å². The highest BCUT2D eigenvalue weighted by Crippen LogP contribution is 2.24. The number of aryl methyl sites for hydroxylation is 1. The number of hydrogen-bond acceptors (Lipinski definition) is 2. The number of nitrogens with two attached hydrogens (primary N) is 1. The second kappa shape index (κ2) is 3.12. The number of benzene rings is 1. The normalized spacial score (nSPS) is 10.9. The van der Waals surface area contributed by atoms with Gasteiger partial charge in [0.1, 0.15) is 11.3 Å². The molecule has 0 aliphatic rings. The Morgan fingerprint density at radius 1 is 1.13 bits per heavy atom. The summed E-state index contributed by atoms with van der Waals surface area (Å²) in [6, 6.07) is 2.36. The lowest BCUT2D eigenvalue weighted by Gasteiger charge is -2.04. The molecule has 15 heavy (non-hydrogen) atoms. The number of aromatic nitrogens is 1. The Labute approximate surface area is 83.5 Å². The Bertz CT molecular complexity index is 547. The number of nitrogen functional groups attached to an aromatic ring is 1. The molecule has 2 aromatic rings. The van der Waals surface area contributed by atoms with Gasteiger partial charge in [0, 0.05) is 5.39 Å². The van der Waals surface area contributed by atoms with Crippen molar-refractivity contribution in [2.75, 3.05) is 5.73 Å². The minimum absolute atomic E-state index is 0.104. The van der Waals surface area contributed by atoms with Crippen molar-refractivity contribution in [2.24, 2.45) is 0 Å². The number of fused-ring (bicyclic) bond motifs is 1. The fraction of sp³-hybridized carbons (Fsp3) is 0.100. The van der Waals surface area contributed by atoms with Crippen LogP contribution in [0, 0.1) is 24.4 Å². The van der Waals surface area contributed by atoms with Gasteiger partial charge in [-0.2, -0.15) is 0 Å². The van der Waals surface area contributed by atoms with Crippen LogP contribution in [0.1, 0.15) is 5.56 Å². The minimum atomic E-state index is -1.53.